The van der Waals surface area contributed by atoms with E-state index in [1.165, 1.54) is 0 Å². The zero-order chi connectivity index (χ0) is 10.2. The molecule has 0 heterocycles. The lowest BCUT2D eigenvalue weighted by atomic mass is 10.3. The van der Waals surface area contributed by atoms with Crippen molar-refractivity contribution in [3.63, 3.8) is 0 Å². The highest BCUT2D eigenvalue weighted by molar-refractivity contribution is 4.79. The topological polar surface area (TPSA) is 0 Å². The third-order valence-corrected chi connectivity index (χ3v) is 2.07. The minimum Gasteiger partial charge on any atom is -1.00 e. The van der Waals surface area contributed by atoms with Gasteiger partial charge < -0.3 is 9.19 Å². The normalized spacial score (nSPS) is 9.71. The summed E-state index contributed by atoms with van der Waals surface area (Å²) in [5.41, 5.74) is 0. The molecule has 0 aliphatic heterocycles. The molecule has 0 spiro atoms. The van der Waals surface area contributed by atoms with Crippen LogP contribution >= 0.6 is 0 Å². The van der Waals surface area contributed by atoms with Crippen LogP contribution in [0.3, 0.4) is 0 Å². The first-order valence-electron chi connectivity index (χ1n) is 4.53. The van der Waals surface area contributed by atoms with Gasteiger partial charge in [-0.25, -0.2) is 0 Å². The quantitative estimate of drug-likeness (QED) is 0.365. The lowest BCUT2D eigenvalue weighted by Gasteiger charge is -2.35. The first kappa shape index (κ1) is 15.3. The maximum Gasteiger partial charge on any atom is 0.0978 e. The molecule has 0 aromatic heterocycles. The summed E-state index contributed by atoms with van der Waals surface area (Å²) in [6.45, 7) is 18.8. The van der Waals surface area contributed by atoms with Gasteiger partial charge in [0.15, 0.2) is 0 Å². The zero-order valence-electron chi connectivity index (χ0n) is 8.79. The third-order valence-electron chi connectivity index (χ3n) is 2.07. The van der Waals surface area contributed by atoms with E-state index in [2.05, 4.69) is 26.3 Å². The Labute approximate surface area is 86.7 Å². The molecule has 0 atom stereocenters. The van der Waals surface area contributed by atoms with Gasteiger partial charge in [-0.2, -0.15) is 0 Å². The molecule has 0 saturated carbocycles. The highest BCUT2D eigenvalue weighted by Gasteiger charge is 2.20. The van der Waals surface area contributed by atoms with Crippen LogP contribution in [0, 0.1) is 0 Å². The molecule has 0 rings (SSSR count). The molecule has 0 amide bonds. The molecule has 0 aromatic carbocycles. The molecule has 0 aliphatic carbocycles. The molecule has 0 saturated heterocycles. The summed E-state index contributed by atoms with van der Waals surface area (Å²) in [7, 11) is 0. The summed E-state index contributed by atoms with van der Waals surface area (Å²) in [5.74, 6) is 0. The van der Waals surface area contributed by atoms with Gasteiger partial charge >= 0.3 is 0 Å². The number of quaternary nitrogens is 1. The number of nitrogens with zero attached hydrogens (tertiary/aromatic N) is 1. The molecule has 0 aromatic rings. The first-order chi connectivity index (χ1) is 6.24. The lowest BCUT2D eigenvalue weighted by molar-refractivity contribution is -0.906. The maximum absolute atomic E-state index is 3.77. The van der Waals surface area contributed by atoms with Gasteiger partial charge in [-0.1, -0.05) is 26.3 Å². The fraction of sp³-hybridized carbons (Fsp3) is 0.333. The van der Waals surface area contributed by atoms with Gasteiger partial charge in [0, 0.05) is 0 Å². The van der Waals surface area contributed by atoms with Crippen molar-refractivity contribution in [2.45, 2.75) is 0 Å². The Balaban J connectivity index is 0. The minimum absolute atomic E-state index is 0. The van der Waals surface area contributed by atoms with Crippen LogP contribution < -0.4 is 4.70 Å². The van der Waals surface area contributed by atoms with Crippen molar-refractivity contribution in [1.82, 2.24) is 0 Å². The second-order valence-corrected chi connectivity index (χ2v) is 3.23. The van der Waals surface area contributed by atoms with Crippen molar-refractivity contribution in [3.05, 3.63) is 50.6 Å². The Morgan fingerprint density at radius 3 is 1.00 bits per heavy atom. The summed E-state index contributed by atoms with van der Waals surface area (Å²) >= 11 is 0. The lowest BCUT2D eigenvalue weighted by Crippen LogP contribution is -3.00. The summed E-state index contributed by atoms with van der Waals surface area (Å²) in [5, 5.41) is 0. The van der Waals surface area contributed by atoms with Crippen LogP contribution in [0.5, 0.6) is 0 Å². The number of hydrogen-bond acceptors (Lipinski definition) is 0. The number of halogens is 1. The van der Waals surface area contributed by atoms with Gasteiger partial charge in [0.05, 0.1) is 26.2 Å². The Morgan fingerprint density at radius 1 is 0.643 bits per heavy atom. The van der Waals surface area contributed by atoms with E-state index in [9.17, 15) is 0 Å². The molecule has 14 heavy (non-hydrogen) atoms. The Hall–Kier alpha value is -1.15. The van der Waals surface area contributed by atoms with Crippen molar-refractivity contribution in [1.29, 1.82) is 0 Å². The van der Waals surface area contributed by atoms with Crippen LogP contribution in [0.25, 0.3) is 0 Å². The first-order valence-corrected chi connectivity index (χ1v) is 4.53. The molecule has 80 valence electrons. The second-order valence-electron chi connectivity index (χ2n) is 3.23. The maximum atomic E-state index is 3.77. The SMILES string of the molecule is C=CC[N+](CC=C)(CC=C)CC=C.[F-]. The van der Waals surface area contributed by atoms with Crippen LogP contribution in [0.2, 0.25) is 0 Å². The van der Waals surface area contributed by atoms with Crippen molar-refractivity contribution in [3.8, 4) is 0 Å². The van der Waals surface area contributed by atoms with Gasteiger partial charge in [0.1, 0.15) is 0 Å². The number of hydrogen-bond donors (Lipinski definition) is 0. The van der Waals surface area contributed by atoms with Crippen molar-refractivity contribution in [2.75, 3.05) is 26.2 Å². The van der Waals surface area contributed by atoms with Gasteiger partial charge in [0.2, 0.25) is 0 Å². The van der Waals surface area contributed by atoms with E-state index in [0.29, 0.717) is 0 Å². The average Bonchev–Trinajstić information content (AvgIpc) is 2.06. The van der Waals surface area contributed by atoms with E-state index in [4.69, 9.17) is 0 Å². The smallest absolute Gasteiger partial charge is 0.0978 e. The Kier molecular flexibility index (Phi) is 9.25. The summed E-state index contributed by atoms with van der Waals surface area (Å²) in [6.07, 6.45) is 7.76. The van der Waals surface area contributed by atoms with Crippen molar-refractivity contribution >= 4 is 0 Å². The zero-order valence-corrected chi connectivity index (χ0v) is 8.79. The van der Waals surface area contributed by atoms with E-state index >= 15 is 0 Å². The summed E-state index contributed by atoms with van der Waals surface area (Å²) in [4.78, 5) is 0. The Morgan fingerprint density at radius 2 is 0.857 bits per heavy atom. The summed E-state index contributed by atoms with van der Waals surface area (Å²) < 4.78 is 0.903. The standard InChI is InChI=1S/C12H20N.FH/c1-5-9-13(10-6-2,11-7-3)12-8-4;/h5-8H,1-4,9-12H2;1H/q+1;/p-1. The van der Waals surface area contributed by atoms with Crippen LogP contribution in [0.15, 0.2) is 50.6 Å². The molecule has 0 bridgehead atoms. The minimum atomic E-state index is 0. The molecule has 0 aliphatic rings. The van der Waals surface area contributed by atoms with Crippen LogP contribution in [-0.4, -0.2) is 30.7 Å². The fourth-order valence-electron chi connectivity index (χ4n) is 1.54. The highest BCUT2D eigenvalue weighted by atomic mass is 19.0. The third kappa shape index (κ3) is 4.77. The second kappa shape index (κ2) is 8.45. The van der Waals surface area contributed by atoms with Crippen LogP contribution in [-0.2, 0) is 0 Å². The van der Waals surface area contributed by atoms with E-state index < -0.39 is 0 Å². The largest absolute Gasteiger partial charge is 1.00 e. The molecule has 0 radical (unpaired) electrons. The van der Waals surface area contributed by atoms with E-state index in [1.54, 1.807) is 0 Å². The predicted octanol–water partition coefficient (Wildman–Crippen LogP) is -0.449. The average molecular weight is 197 g/mol. The van der Waals surface area contributed by atoms with Gasteiger partial charge in [-0.15, -0.1) is 0 Å². The predicted molar refractivity (Wildman–Crippen MR) is 60.5 cm³/mol. The number of rotatable bonds is 8. The van der Waals surface area contributed by atoms with E-state index in [0.717, 1.165) is 30.7 Å². The highest BCUT2D eigenvalue weighted by Crippen LogP contribution is 2.07. The molecule has 0 unspecified atom stereocenters. The molecule has 2 heteroatoms. The van der Waals surface area contributed by atoms with E-state index in [-0.39, 0.29) is 4.70 Å². The van der Waals surface area contributed by atoms with Crippen LogP contribution in [0.4, 0.5) is 0 Å². The molecule has 0 fully saturated rings. The molecular formula is C12H20FN. The van der Waals surface area contributed by atoms with Crippen molar-refractivity contribution < 1.29 is 9.19 Å². The Bertz CT molecular complexity index is 151. The van der Waals surface area contributed by atoms with Gasteiger partial charge in [-0.3, -0.25) is 0 Å². The summed E-state index contributed by atoms with van der Waals surface area (Å²) in [6, 6.07) is 0. The molecular weight excluding hydrogens is 177 g/mol. The van der Waals surface area contributed by atoms with Gasteiger partial charge in [-0.05, 0) is 24.3 Å². The monoisotopic (exact) mass is 197 g/mol. The van der Waals surface area contributed by atoms with Gasteiger partial charge in [0.25, 0.3) is 0 Å². The van der Waals surface area contributed by atoms with Crippen molar-refractivity contribution in [2.24, 2.45) is 0 Å². The van der Waals surface area contributed by atoms with Crippen LogP contribution in [0.1, 0.15) is 0 Å². The van der Waals surface area contributed by atoms with E-state index in [1.807, 2.05) is 24.3 Å². The molecule has 1 nitrogen and oxygen atoms in total. The fourth-order valence-corrected chi connectivity index (χ4v) is 1.54. The molecule has 0 N–H and O–H groups in total.